The number of likely N-dealkylation sites (N-methyl/N-ethyl adjacent to an activating group) is 1. The number of phenols is 1. The number of nitrogens with one attached hydrogen (secondary N) is 2. The van der Waals surface area contributed by atoms with E-state index < -0.39 is 0 Å². The molecule has 0 aliphatic heterocycles. The second kappa shape index (κ2) is 10.3. The summed E-state index contributed by atoms with van der Waals surface area (Å²) in [5, 5.41) is 17.4. The number of benzene rings is 2. The molecule has 1 aliphatic carbocycles. The molecule has 5 nitrogen and oxygen atoms in total. The first-order valence-electron chi connectivity index (χ1n) is 10.6. The van der Waals surface area contributed by atoms with Crippen molar-refractivity contribution in [3.05, 3.63) is 48.5 Å². The highest BCUT2D eigenvalue weighted by Gasteiger charge is 2.22. The van der Waals surface area contributed by atoms with E-state index in [9.17, 15) is 5.11 Å². The number of hydrogen-bond acceptors (Lipinski definition) is 3. The summed E-state index contributed by atoms with van der Waals surface area (Å²) in [6.45, 7) is 3.88. The molecule has 0 bridgehead atoms. The Labute approximate surface area is 174 Å². The monoisotopic (exact) mass is 394 g/mol. The summed E-state index contributed by atoms with van der Waals surface area (Å²) < 4.78 is 0. The smallest absolute Gasteiger partial charge is 0.196 e. The quantitative estimate of drug-likeness (QED) is 0.382. The molecule has 0 spiro atoms. The SMILES string of the molecule is CC1CCCCC1NC(=NCCN(C)C)Nc1cc(-c2ccccc2)ccc1O. The fourth-order valence-electron chi connectivity index (χ4n) is 3.76. The molecule has 3 N–H and O–H groups in total. The predicted octanol–water partition coefficient (Wildman–Crippen LogP) is 4.56. The first-order chi connectivity index (χ1) is 14.0. The lowest BCUT2D eigenvalue weighted by molar-refractivity contribution is 0.308. The zero-order valence-corrected chi connectivity index (χ0v) is 17.9. The van der Waals surface area contributed by atoms with Crippen LogP contribution in [0.4, 0.5) is 5.69 Å². The molecule has 2 aromatic rings. The van der Waals surface area contributed by atoms with E-state index in [1.807, 2.05) is 30.3 Å². The average Bonchev–Trinajstić information content (AvgIpc) is 2.71. The van der Waals surface area contributed by atoms with Crippen LogP contribution in [0.1, 0.15) is 32.6 Å². The van der Waals surface area contributed by atoms with Crippen LogP contribution in [-0.2, 0) is 0 Å². The van der Waals surface area contributed by atoms with Crippen LogP contribution < -0.4 is 10.6 Å². The third-order valence-corrected chi connectivity index (χ3v) is 5.61. The van der Waals surface area contributed by atoms with Crippen molar-refractivity contribution >= 4 is 11.6 Å². The van der Waals surface area contributed by atoms with Crippen LogP contribution in [0.3, 0.4) is 0 Å². The molecule has 3 rings (SSSR count). The molecule has 2 aromatic carbocycles. The van der Waals surface area contributed by atoms with Crippen LogP contribution >= 0.6 is 0 Å². The minimum atomic E-state index is 0.225. The van der Waals surface area contributed by atoms with E-state index >= 15 is 0 Å². The molecule has 2 atom stereocenters. The molecule has 1 saturated carbocycles. The third-order valence-electron chi connectivity index (χ3n) is 5.61. The molecule has 0 saturated heterocycles. The Bertz CT molecular complexity index is 804. The topological polar surface area (TPSA) is 59.9 Å². The largest absolute Gasteiger partial charge is 0.506 e. The van der Waals surface area contributed by atoms with Crippen LogP contribution in [-0.4, -0.2) is 49.2 Å². The van der Waals surface area contributed by atoms with E-state index in [0.717, 1.165) is 30.1 Å². The molecule has 2 unspecified atom stereocenters. The van der Waals surface area contributed by atoms with Gasteiger partial charge in [-0.25, -0.2) is 0 Å². The van der Waals surface area contributed by atoms with Crippen LogP contribution in [0.2, 0.25) is 0 Å². The lowest BCUT2D eigenvalue weighted by atomic mass is 9.86. The third kappa shape index (κ3) is 6.23. The molecule has 1 fully saturated rings. The normalized spacial score (nSPS) is 19.9. The van der Waals surface area contributed by atoms with E-state index in [-0.39, 0.29) is 5.75 Å². The number of nitrogens with zero attached hydrogens (tertiary/aromatic N) is 2. The van der Waals surface area contributed by atoms with E-state index in [1.54, 1.807) is 6.07 Å². The highest BCUT2D eigenvalue weighted by Crippen LogP contribution is 2.30. The van der Waals surface area contributed by atoms with Gasteiger partial charge in [0.25, 0.3) is 0 Å². The van der Waals surface area contributed by atoms with Gasteiger partial charge in [0.05, 0.1) is 12.2 Å². The standard InChI is InChI=1S/C24H34N4O/c1-18-9-7-8-12-21(18)26-24(25-15-16-28(2)3)27-22-17-20(13-14-23(22)29)19-10-5-4-6-11-19/h4-6,10-11,13-14,17-18,21,29H,7-9,12,15-16H2,1-3H3,(H2,25,26,27). The molecule has 0 heterocycles. The lowest BCUT2D eigenvalue weighted by Crippen LogP contribution is -2.44. The van der Waals surface area contributed by atoms with Crippen LogP contribution in [0.5, 0.6) is 5.75 Å². The van der Waals surface area contributed by atoms with Crippen LogP contribution in [0.15, 0.2) is 53.5 Å². The number of aromatic hydroxyl groups is 1. The fourth-order valence-corrected chi connectivity index (χ4v) is 3.76. The highest BCUT2D eigenvalue weighted by molar-refractivity contribution is 5.96. The van der Waals surface area contributed by atoms with Gasteiger partial charge in [-0.1, -0.05) is 56.2 Å². The maximum atomic E-state index is 10.4. The second-order valence-corrected chi connectivity index (χ2v) is 8.27. The van der Waals surface area contributed by atoms with Crippen molar-refractivity contribution in [1.82, 2.24) is 10.2 Å². The van der Waals surface area contributed by atoms with Crippen molar-refractivity contribution in [3.63, 3.8) is 0 Å². The number of rotatable bonds is 6. The number of aliphatic imine (C=N–C) groups is 1. The maximum absolute atomic E-state index is 10.4. The van der Waals surface area contributed by atoms with Crippen molar-refractivity contribution in [3.8, 4) is 16.9 Å². The molecule has 5 heteroatoms. The van der Waals surface area contributed by atoms with Crippen molar-refractivity contribution in [2.24, 2.45) is 10.9 Å². The number of hydrogen-bond donors (Lipinski definition) is 3. The first-order valence-corrected chi connectivity index (χ1v) is 10.6. The Morgan fingerprint density at radius 3 is 2.55 bits per heavy atom. The van der Waals surface area contributed by atoms with E-state index in [1.165, 1.54) is 19.3 Å². The number of anilines is 1. The summed E-state index contributed by atoms with van der Waals surface area (Å²) in [4.78, 5) is 6.90. The van der Waals surface area contributed by atoms with E-state index in [2.05, 4.69) is 48.7 Å². The summed E-state index contributed by atoms with van der Waals surface area (Å²) in [7, 11) is 4.10. The van der Waals surface area contributed by atoms with E-state index in [4.69, 9.17) is 4.99 Å². The van der Waals surface area contributed by atoms with Gasteiger partial charge in [-0.15, -0.1) is 0 Å². The van der Waals surface area contributed by atoms with Gasteiger partial charge in [0, 0.05) is 12.6 Å². The summed E-state index contributed by atoms with van der Waals surface area (Å²) in [6, 6.07) is 16.3. The van der Waals surface area contributed by atoms with Crippen molar-refractivity contribution < 1.29 is 5.11 Å². The lowest BCUT2D eigenvalue weighted by Gasteiger charge is -2.31. The van der Waals surface area contributed by atoms with Gasteiger partial charge in [-0.2, -0.15) is 0 Å². The van der Waals surface area contributed by atoms with Crippen LogP contribution in [0.25, 0.3) is 11.1 Å². The molecule has 1 aliphatic rings. The molecular weight excluding hydrogens is 360 g/mol. The Balaban J connectivity index is 1.80. The predicted molar refractivity (Wildman–Crippen MR) is 123 cm³/mol. The van der Waals surface area contributed by atoms with Crippen molar-refractivity contribution in [2.75, 3.05) is 32.5 Å². The second-order valence-electron chi connectivity index (χ2n) is 8.27. The molecule has 0 amide bonds. The Morgan fingerprint density at radius 2 is 1.83 bits per heavy atom. The minimum Gasteiger partial charge on any atom is -0.506 e. The Morgan fingerprint density at radius 1 is 1.07 bits per heavy atom. The zero-order valence-electron chi connectivity index (χ0n) is 17.9. The van der Waals surface area contributed by atoms with Gasteiger partial charge in [0.15, 0.2) is 5.96 Å². The van der Waals surface area contributed by atoms with Gasteiger partial charge < -0.3 is 20.6 Å². The first kappa shape index (κ1) is 21.2. The van der Waals surface area contributed by atoms with Gasteiger partial charge in [-0.05, 0) is 56.1 Å². The fraction of sp³-hybridized carbons (Fsp3) is 0.458. The van der Waals surface area contributed by atoms with Crippen LogP contribution in [0, 0.1) is 5.92 Å². The van der Waals surface area contributed by atoms with Crippen molar-refractivity contribution in [2.45, 2.75) is 38.6 Å². The van der Waals surface area contributed by atoms with Gasteiger partial charge in [0.2, 0.25) is 0 Å². The highest BCUT2D eigenvalue weighted by atomic mass is 16.3. The minimum absolute atomic E-state index is 0.225. The summed E-state index contributed by atoms with van der Waals surface area (Å²) in [5.74, 6) is 1.59. The van der Waals surface area contributed by atoms with Gasteiger partial charge >= 0.3 is 0 Å². The summed E-state index contributed by atoms with van der Waals surface area (Å²) >= 11 is 0. The molecule has 0 radical (unpaired) electrons. The zero-order chi connectivity index (χ0) is 20.6. The summed E-state index contributed by atoms with van der Waals surface area (Å²) in [6.07, 6.45) is 4.96. The molecule has 156 valence electrons. The summed E-state index contributed by atoms with van der Waals surface area (Å²) in [5.41, 5.74) is 2.85. The Hall–Kier alpha value is -2.53. The van der Waals surface area contributed by atoms with E-state index in [0.29, 0.717) is 24.2 Å². The molecule has 0 aromatic heterocycles. The number of guanidine groups is 1. The molecule has 29 heavy (non-hydrogen) atoms. The maximum Gasteiger partial charge on any atom is 0.196 e. The molecular formula is C24H34N4O. The Kier molecular flexibility index (Phi) is 7.53. The average molecular weight is 395 g/mol. The van der Waals surface area contributed by atoms with Gasteiger partial charge in [0.1, 0.15) is 5.75 Å². The van der Waals surface area contributed by atoms with Crippen molar-refractivity contribution in [1.29, 1.82) is 0 Å². The number of phenolic OH excluding ortho intramolecular Hbond substituents is 1. The van der Waals surface area contributed by atoms with Gasteiger partial charge in [-0.3, -0.25) is 4.99 Å².